The Kier molecular flexibility index (Phi) is 3.58. The molecule has 98 valence electrons. The summed E-state index contributed by atoms with van der Waals surface area (Å²) < 4.78 is 5.13. The molecular weight excluding hydrogens is 260 g/mol. The van der Waals surface area contributed by atoms with Gasteiger partial charge in [-0.05, 0) is 6.07 Å². The van der Waals surface area contributed by atoms with Crippen LogP contribution >= 0.6 is 11.6 Å². The van der Waals surface area contributed by atoms with Gasteiger partial charge < -0.3 is 19.7 Å². The summed E-state index contributed by atoms with van der Waals surface area (Å²) >= 11 is 5.73. The molecular formula is C11H13ClN2O4. The highest BCUT2D eigenvalue weighted by Crippen LogP contribution is 2.21. The van der Waals surface area contributed by atoms with Crippen molar-refractivity contribution >= 4 is 23.5 Å². The van der Waals surface area contributed by atoms with Gasteiger partial charge >= 0.3 is 5.97 Å². The van der Waals surface area contributed by atoms with Gasteiger partial charge in [0, 0.05) is 13.2 Å². The molecule has 1 aliphatic heterocycles. The molecule has 2 unspecified atom stereocenters. The number of likely N-dealkylation sites (N-methyl/N-ethyl adjacent to an activating group) is 1. The molecule has 18 heavy (non-hydrogen) atoms. The highest BCUT2D eigenvalue weighted by Gasteiger charge is 2.38. The first kappa shape index (κ1) is 12.9. The maximum absolute atomic E-state index is 12.1. The Morgan fingerprint density at radius 2 is 2.28 bits per heavy atom. The molecule has 0 radical (unpaired) electrons. The number of hydrogen-bond donors (Lipinski definition) is 2. The summed E-state index contributed by atoms with van der Waals surface area (Å²) in [4.78, 5) is 27.3. The van der Waals surface area contributed by atoms with E-state index in [1.54, 1.807) is 7.05 Å². The number of nitrogens with one attached hydrogen (secondary N) is 1. The first-order valence-corrected chi connectivity index (χ1v) is 5.80. The number of nitrogens with zero attached hydrogens (tertiary/aromatic N) is 1. The van der Waals surface area contributed by atoms with E-state index in [0.29, 0.717) is 10.7 Å². The van der Waals surface area contributed by atoms with Gasteiger partial charge in [0.2, 0.25) is 0 Å². The van der Waals surface area contributed by atoms with Crippen molar-refractivity contribution in [3.05, 3.63) is 23.0 Å². The van der Waals surface area contributed by atoms with E-state index < -0.39 is 17.9 Å². The predicted octanol–water partition coefficient (Wildman–Crippen LogP) is 0.840. The lowest BCUT2D eigenvalue weighted by Crippen LogP contribution is -2.44. The molecule has 7 heteroatoms. The van der Waals surface area contributed by atoms with E-state index in [-0.39, 0.29) is 19.1 Å². The maximum Gasteiger partial charge on any atom is 0.311 e. The van der Waals surface area contributed by atoms with Crippen molar-refractivity contribution in [1.29, 1.82) is 0 Å². The molecule has 2 N–H and O–H groups in total. The SMILES string of the molecule is CN(C(=O)c1cc(Cl)c[nH]1)C1COCC1C(=O)O. The predicted molar refractivity (Wildman–Crippen MR) is 63.6 cm³/mol. The fourth-order valence-corrected chi connectivity index (χ4v) is 2.16. The normalized spacial score (nSPS) is 23.0. The van der Waals surface area contributed by atoms with Gasteiger partial charge in [0.1, 0.15) is 11.6 Å². The number of hydrogen-bond acceptors (Lipinski definition) is 3. The van der Waals surface area contributed by atoms with E-state index in [2.05, 4.69) is 4.98 Å². The van der Waals surface area contributed by atoms with Crippen LogP contribution in [0.4, 0.5) is 0 Å². The summed E-state index contributed by atoms with van der Waals surface area (Å²) in [7, 11) is 1.56. The molecule has 1 aromatic rings. The Balaban J connectivity index is 2.13. The van der Waals surface area contributed by atoms with E-state index >= 15 is 0 Å². The molecule has 1 saturated heterocycles. The van der Waals surface area contributed by atoms with Gasteiger partial charge in [-0.2, -0.15) is 0 Å². The average Bonchev–Trinajstić information content (AvgIpc) is 2.95. The van der Waals surface area contributed by atoms with Crippen LogP contribution in [0.1, 0.15) is 10.5 Å². The Hall–Kier alpha value is -1.53. The van der Waals surface area contributed by atoms with Crippen LogP contribution in [0.3, 0.4) is 0 Å². The lowest BCUT2D eigenvalue weighted by atomic mass is 10.0. The van der Waals surface area contributed by atoms with Crippen LogP contribution in [0.15, 0.2) is 12.3 Å². The molecule has 0 spiro atoms. The zero-order chi connectivity index (χ0) is 13.3. The maximum atomic E-state index is 12.1. The molecule has 1 aromatic heterocycles. The van der Waals surface area contributed by atoms with E-state index in [1.165, 1.54) is 17.2 Å². The number of halogens is 1. The van der Waals surface area contributed by atoms with Crippen molar-refractivity contribution in [2.24, 2.45) is 5.92 Å². The van der Waals surface area contributed by atoms with Crippen LogP contribution in [0.2, 0.25) is 5.02 Å². The van der Waals surface area contributed by atoms with E-state index in [0.717, 1.165) is 0 Å². The molecule has 1 amide bonds. The van der Waals surface area contributed by atoms with Crippen LogP contribution in [-0.2, 0) is 9.53 Å². The third-order valence-corrected chi connectivity index (χ3v) is 3.28. The van der Waals surface area contributed by atoms with E-state index in [4.69, 9.17) is 21.4 Å². The second-order valence-corrected chi connectivity index (χ2v) is 4.63. The van der Waals surface area contributed by atoms with Gasteiger partial charge in [-0.1, -0.05) is 11.6 Å². The molecule has 2 atom stereocenters. The van der Waals surface area contributed by atoms with Crippen molar-refractivity contribution < 1.29 is 19.4 Å². The number of aromatic nitrogens is 1. The third kappa shape index (κ3) is 2.34. The summed E-state index contributed by atoms with van der Waals surface area (Å²) in [5, 5.41) is 9.48. The number of carboxylic acids is 1. The summed E-state index contributed by atoms with van der Waals surface area (Å²) in [6, 6.07) is 1.04. The second kappa shape index (κ2) is 4.99. The average molecular weight is 273 g/mol. The summed E-state index contributed by atoms with van der Waals surface area (Å²) in [6.07, 6.45) is 1.50. The van der Waals surface area contributed by atoms with Crippen molar-refractivity contribution in [2.75, 3.05) is 20.3 Å². The smallest absolute Gasteiger partial charge is 0.311 e. The number of carboxylic acid groups (broad SMARTS) is 1. The monoisotopic (exact) mass is 272 g/mol. The number of carbonyl (C=O) groups is 2. The second-order valence-electron chi connectivity index (χ2n) is 4.20. The molecule has 0 saturated carbocycles. The van der Waals surface area contributed by atoms with Gasteiger partial charge in [0.05, 0.1) is 24.3 Å². The number of aliphatic carboxylic acids is 1. The molecule has 1 aliphatic rings. The lowest BCUT2D eigenvalue weighted by Gasteiger charge is -2.25. The summed E-state index contributed by atoms with van der Waals surface area (Å²) in [5.74, 6) is -1.95. The molecule has 6 nitrogen and oxygen atoms in total. The van der Waals surface area contributed by atoms with Crippen LogP contribution in [0.5, 0.6) is 0 Å². The van der Waals surface area contributed by atoms with E-state index in [1.807, 2.05) is 0 Å². The Morgan fingerprint density at radius 1 is 1.56 bits per heavy atom. The van der Waals surface area contributed by atoms with Crippen molar-refractivity contribution in [3.8, 4) is 0 Å². The summed E-state index contributed by atoms with van der Waals surface area (Å²) in [5.41, 5.74) is 0.332. The molecule has 2 rings (SSSR count). The lowest BCUT2D eigenvalue weighted by molar-refractivity contribution is -0.142. The first-order valence-electron chi connectivity index (χ1n) is 5.42. The minimum atomic E-state index is -0.957. The number of rotatable bonds is 3. The molecule has 0 aromatic carbocycles. The molecule has 0 aliphatic carbocycles. The number of amides is 1. The largest absolute Gasteiger partial charge is 0.481 e. The number of carbonyl (C=O) groups excluding carboxylic acids is 1. The third-order valence-electron chi connectivity index (χ3n) is 3.06. The number of H-pyrrole nitrogens is 1. The van der Waals surface area contributed by atoms with Gasteiger partial charge in [0.25, 0.3) is 5.91 Å². The van der Waals surface area contributed by atoms with Gasteiger partial charge in [-0.15, -0.1) is 0 Å². The van der Waals surface area contributed by atoms with Crippen LogP contribution in [0.25, 0.3) is 0 Å². The van der Waals surface area contributed by atoms with E-state index in [9.17, 15) is 9.59 Å². The van der Waals surface area contributed by atoms with Crippen molar-refractivity contribution in [1.82, 2.24) is 9.88 Å². The van der Waals surface area contributed by atoms with Crippen molar-refractivity contribution in [2.45, 2.75) is 6.04 Å². The Bertz CT molecular complexity index is 473. The number of ether oxygens (including phenoxy) is 1. The minimum absolute atomic E-state index is 0.128. The topological polar surface area (TPSA) is 82.6 Å². The van der Waals surface area contributed by atoms with Gasteiger partial charge in [-0.25, -0.2) is 0 Å². The highest BCUT2D eigenvalue weighted by molar-refractivity contribution is 6.30. The first-order chi connectivity index (χ1) is 8.50. The van der Waals surface area contributed by atoms with Gasteiger partial charge in [-0.3, -0.25) is 9.59 Å². The highest BCUT2D eigenvalue weighted by atomic mass is 35.5. The fraction of sp³-hybridized carbons (Fsp3) is 0.455. The zero-order valence-electron chi connectivity index (χ0n) is 9.72. The van der Waals surface area contributed by atoms with Gasteiger partial charge in [0.15, 0.2) is 0 Å². The molecule has 0 bridgehead atoms. The Labute approximate surface area is 108 Å². The molecule has 1 fully saturated rings. The molecule has 2 heterocycles. The number of aromatic amines is 1. The fourth-order valence-electron chi connectivity index (χ4n) is 1.99. The Morgan fingerprint density at radius 3 is 2.83 bits per heavy atom. The quantitative estimate of drug-likeness (QED) is 0.854. The van der Waals surface area contributed by atoms with Crippen LogP contribution < -0.4 is 0 Å². The zero-order valence-corrected chi connectivity index (χ0v) is 10.5. The standard InChI is InChI=1S/C11H13ClN2O4/c1-14(9-5-18-4-7(9)11(16)17)10(15)8-2-6(12)3-13-8/h2-3,7,9,13H,4-5H2,1H3,(H,16,17). The minimum Gasteiger partial charge on any atom is -0.481 e. The van der Waals surface area contributed by atoms with Crippen LogP contribution in [-0.4, -0.2) is 53.2 Å². The van der Waals surface area contributed by atoms with Crippen LogP contribution in [0, 0.1) is 5.92 Å². The van der Waals surface area contributed by atoms with Crippen molar-refractivity contribution in [3.63, 3.8) is 0 Å². The summed E-state index contributed by atoms with van der Waals surface area (Å²) in [6.45, 7) is 0.358.